The fraction of sp³-hybridized carbons (Fsp3) is 0.211. The molecule has 0 aliphatic carbocycles. The van der Waals surface area contributed by atoms with Gasteiger partial charge in [-0.2, -0.15) is 0 Å². The molecule has 0 saturated carbocycles. The molecule has 1 unspecified atom stereocenters. The molecule has 1 atom stereocenters. The first-order chi connectivity index (χ1) is 13.0. The number of hydrogen-bond donors (Lipinski definition) is 2. The Hall–Kier alpha value is -2.51. The van der Waals surface area contributed by atoms with Crippen molar-refractivity contribution < 1.29 is 9.90 Å². The zero-order valence-electron chi connectivity index (χ0n) is 14.7. The summed E-state index contributed by atoms with van der Waals surface area (Å²) in [6.45, 7) is 2.67. The van der Waals surface area contributed by atoms with Gasteiger partial charge in [0.25, 0.3) is 0 Å². The third-order valence-electron chi connectivity index (χ3n) is 3.90. The molecule has 0 amide bonds. The molecule has 0 spiro atoms. The van der Waals surface area contributed by atoms with Gasteiger partial charge in [-0.15, -0.1) is 10.2 Å². The molecule has 0 aliphatic rings. The maximum Gasteiger partial charge on any atom is 0.316 e. The molecular formula is C19H19ClN4O2S. The first-order valence-electron chi connectivity index (χ1n) is 8.38. The Kier molecular flexibility index (Phi) is 6.36. The Morgan fingerprint density at radius 1 is 1.19 bits per heavy atom. The van der Waals surface area contributed by atoms with E-state index < -0.39 is 11.2 Å². The predicted octanol–water partition coefficient (Wildman–Crippen LogP) is 4.16. The number of rotatable bonds is 8. The highest BCUT2D eigenvalue weighted by Crippen LogP contribution is 2.24. The van der Waals surface area contributed by atoms with E-state index in [0.29, 0.717) is 23.3 Å². The van der Waals surface area contributed by atoms with Gasteiger partial charge in [-0.1, -0.05) is 53.7 Å². The number of carboxylic acids is 1. The van der Waals surface area contributed by atoms with Crippen molar-refractivity contribution >= 4 is 35.0 Å². The first kappa shape index (κ1) is 19.3. The second kappa shape index (κ2) is 8.92. The topological polar surface area (TPSA) is 80.0 Å². The molecule has 0 saturated heterocycles. The van der Waals surface area contributed by atoms with Gasteiger partial charge >= 0.3 is 5.97 Å². The van der Waals surface area contributed by atoms with Crippen LogP contribution in [0.3, 0.4) is 0 Å². The van der Waals surface area contributed by atoms with Gasteiger partial charge < -0.3 is 15.0 Å². The van der Waals surface area contributed by atoms with E-state index in [1.54, 1.807) is 6.92 Å². The first-order valence-corrected chi connectivity index (χ1v) is 9.63. The third-order valence-corrected chi connectivity index (χ3v) is 5.22. The number of anilines is 1. The van der Waals surface area contributed by atoms with Crippen LogP contribution in [0.2, 0.25) is 5.02 Å². The third kappa shape index (κ3) is 5.24. The molecular weight excluding hydrogens is 384 g/mol. The minimum Gasteiger partial charge on any atom is -0.480 e. The van der Waals surface area contributed by atoms with Crippen molar-refractivity contribution in [2.24, 2.45) is 0 Å². The van der Waals surface area contributed by atoms with Crippen LogP contribution < -0.4 is 5.32 Å². The lowest BCUT2D eigenvalue weighted by Gasteiger charge is -2.12. The standard InChI is InChI=1S/C19H19ClN4O2S/c1-13(18(25)26)27-19-23-22-17(11-21-16-9-7-15(20)8-10-16)24(19)12-14-5-3-2-4-6-14/h2-10,13,21H,11-12H2,1H3,(H,25,26). The van der Waals surface area contributed by atoms with Crippen LogP contribution in [-0.4, -0.2) is 31.1 Å². The summed E-state index contributed by atoms with van der Waals surface area (Å²) in [6.07, 6.45) is 0. The maximum absolute atomic E-state index is 11.2. The zero-order chi connectivity index (χ0) is 19.2. The lowest BCUT2D eigenvalue weighted by molar-refractivity contribution is -0.136. The second-order valence-electron chi connectivity index (χ2n) is 5.93. The molecule has 8 heteroatoms. The normalized spacial score (nSPS) is 11.9. The zero-order valence-corrected chi connectivity index (χ0v) is 16.2. The van der Waals surface area contributed by atoms with Gasteiger partial charge in [-0.25, -0.2) is 0 Å². The summed E-state index contributed by atoms with van der Waals surface area (Å²) in [5, 5.41) is 21.6. The van der Waals surface area contributed by atoms with Gasteiger partial charge in [0.1, 0.15) is 5.25 Å². The Labute approximate surface area is 166 Å². The number of hydrogen-bond acceptors (Lipinski definition) is 5. The SMILES string of the molecule is CC(Sc1nnc(CNc2ccc(Cl)cc2)n1Cc1ccccc1)C(=O)O. The van der Waals surface area contributed by atoms with Crippen molar-refractivity contribution in [1.29, 1.82) is 0 Å². The smallest absolute Gasteiger partial charge is 0.316 e. The highest BCUT2D eigenvalue weighted by molar-refractivity contribution is 8.00. The van der Waals surface area contributed by atoms with Crippen LogP contribution in [0, 0.1) is 0 Å². The molecule has 3 rings (SSSR count). The summed E-state index contributed by atoms with van der Waals surface area (Å²) in [5.41, 5.74) is 2.01. The highest BCUT2D eigenvalue weighted by Gasteiger charge is 2.19. The molecule has 140 valence electrons. The largest absolute Gasteiger partial charge is 0.480 e. The summed E-state index contributed by atoms with van der Waals surface area (Å²) in [4.78, 5) is 11.2. The van der Waals surface area contributed by atoms with Gasteiger partial charge in [0.05, 0.1) is 13.1 Å². The predicted molar refractivity (Wildman–Crippen MR) is 107 cm³/mol. The molecule has 0 fully saturated rings. The number of aromatic nitrogens is 3. The van der Waals surface area contributed by atoms with Crippen molar-refractivity contribution in [2.75, 3.05) is 5.32 Å². The van der Waals surface area contributed by atoms with E-state index >= 15 is 0 Å². The Balaban J connectivity index is 1.82. The van der Waals surface area contributed by atoms with E-state index in [4.69, 9.17) is 11.6 Å². The molecule has 1 heterocycles. The van der Waals surface area contributed by atoms with Crippen LogP contribution in [0.15, 0.2) is 59.8 Å². The number of aliphatic carboxylic acids is 1. The lowest BCUT2D eigenvalue weighted by atomic mass is 10.2. The molecule has 2 aromatic carbocycles. The number of halogens is 1. The molecule has 2 N–H and O–H groups in total. The van der Waals surface area contributed by atoms with Crippen LogP contribution >= 0.6 is 23.4 Å². The molecule has 1 aromatic heterocycles. The van der Waals surface area contributed by atoms with Crippen LogP contribution in [0.1, 0.15) is 18.3 Å². The van der Waals surface area contributed by atoms with Crippen LogP contribution in [-0.2, 0) is 17.9 Å². The van der Waals surface area contributed by atoms with E-state index in [0.717, 1.165) is 17.1 Å². The number of carbonyl (C=O) groups is 1. The number of carboxylic acid groups (broad SMARTS) is 1. The maximum atomic E-state index is 11.2. The fourth-order valence-corrected chi connectivity index (χ4v) is 3.35. The monoisotopic (exact) mass is 402 g/mol. The Morgan fingerprint density at radius 2 is 1.89 bits per heavy atom. The number of nitrogens with zero attached hydrogens (tertiary/aromatic N) is 3. The van der Waals surface area contributed by atoms with Gasteiger partial charge in [-0.3, -0.25) is 4.79 Å². The van der Waals surface area contributed by atoms with Crippen molar-refractivity contribution in [3.63, 3.8) is 0 Å². The summed E-state index contributed by atoms with van der Waals surface area (Å²) in [5.74, 6) is -0.149. The number of nitrogens with one attached hydrogen (secondary N) is 1. The van der Waals surface area contributed by atoms with E-state index in [1.165, 1.54) is 11.8 Å². The molecule has 27 heavy (non-hydrogen) atoms. The van der Waals surface area contributed by atoms with E-state index in [1.807, 2.05) is 59.2 Å². The molecule has 0 radical (unpaired) electrons. The van der Waals surface area contributed by atoms with Crippen molar-refractivity contribution in [2.45, 2.75) is 30.4 Å². The van der Waals surface area contributed by atoms with Crippen molar-refractivity contribution in [1.82, 2.24) is 14.8 Å². The molecule has 0 aliphatic heterocycles. The van der Waals surface area contributed by atoms with Gasteiger partial charge in [0, 0.05) is 10.7 Å². The average molecular weight is 403 g/mol. The second-order valence-corrected chi connectivity index (χ2v) is 7.67. The number of benzene rings is 2. The lowest BCUT2D eigenvalue weighted by Crippen LogP contribution is -2.15. The summed E-state index contributed by atoms with van der Waals surface area (Å²) in [6, 6.07) is 17.3. The van der Waals surface area contributed by atoms with Gasteiger partial charge in [0.15, 0.2) is 11.0 Å². The minimum atomic E-state index is -0.880. The van der Waals surface area contributed by atoms with E-state index in [9.17, 15) is 9.90 Å². The fourth-order valence-electron chi connectivity index (χ4n) is 2.42. The number of thioether (sulfide) groups is 1. The van der Waals surface area contributed by atoms with Gasteiger partial charge in [-0.05, 0) is 36.8 Å². The average Bonchev–Trinajstić information content (AvgIpc) is 3.03. The van der Waals surface area contributed by atoms with Gasteiger partial charge in [0.2, 0.25) is 0 Å². The molecule has 6 nitrogen and oxygen atoms in total. The molecule has 3 aromatic rings. The Bertz CT molecular complexity index is 900. The highest BCUT2D eigenvalue weighted by atomic mass is 35.5. The Morgan fingerprint density at radius 3 is 2.56 bits per heavy atom. The summed E-state index contributed by atoms with van der Waals surface area (Å²) in [7, 11) is 0. The van der Waals surface area contributed by atoms with Crippen molar-refractivity contribution in [3.8, 4) is 0 Å². The van der Waals surface area contributed by atoms with Crippen LogP contribution in [0.4, 0.5) is 5.69 Å². The van der Waals surface area contributed by atoms with E-state index in [-0.39, 0.29) is 0 Å². The van der Waals surface area contributed by atoms with Crippen LogP contribution in [0.25, 0.3) is 0 Å². The summed E-state index contributed by atoms with van der Waals surface area (Å²) >= 11 is 7.10. The van der Waals surface area contributed by atoms with Crippen LogP contribution in [0.5, 0.6) is 0 Å². The summed E-state index contributed by atoms with van der Waals surface area (Å²) < 4.78 is 1.95. The quantitative estimate of drug-likeness (QED) is 0.551. The van der Waals surface area contributed by atoms with E-state index in [2.05, 4.69) is 15.5 Å². The van der Waals surface area contributed by atoms with Crippen molar-refractivity contribution in [3.05, 3.63) is 71.0 Å². The minimum absolute atomic E-state index is 0.462. The molecule has 0 bridgehead atoms.